The Kier molecular flexibility index (Phi) is 4.38. The van der Waals surface area contributed by atoms with Crippen LogP contribution < -0.4 is 0 Å². The minimum Gasteiger partial charge on any atom is -0.360 e. The first-order valence-corrected chi connectivity index (χ1v) is 9.83. The summed E-state index contributed by atoms with van der Waals surface area (Å²) in [4.78, 5) is 29.9. The van der Waals surface area contributed by atoms with Crippen LogP contribution >= 0.6 is 0 Å². The maximum atomic E-state index is 13.3. The van der Waals surface area contributed by atoms with Crippen molar-refractivity contribution in [2.75, 3.05) is 20.1 Å². The van der Waals surface area contributed by atoms with Crippen LogP contribution in [-0.4, -0.2) is 53.5 Å². The van der Waals surface area contributed by atoms with E-state index in [1.54, 1.807) is 4.90 Å². The van der Waals surface area contributed by atoms with Crippen LogP contribution in [-0.2, 0) is 20.9 Å². The molecule has 0 aromatic heterocycles. The number of aryl methyl sites for hydroxylation is 2. The summed E-state index contributed by atoms with van der Waals surface area (Å²) in [5.41, 5.74) is 2.96. The molecule has 0 radical (unpaired) electrons. The first-order valence-electron chi connectivity index (χ1n) is 9.83. The van der Waals surface area contributed by atoms with Crippen molar-refractivity contribution in [3.05, 3.63) is 47.0 Å². The number of ether oxygens (including phenoxy) is 1. The van der Waals surface area contributed by atoms with Gasteiger partial charge in [0.15, 0.2) is 0 Å². The number of carbonyl (C=O) groups excluding carboxylic acids is 2. The summed E-state index contributed by atoms with van der Waals surface area (Å²) in [7, 11) is 1.82. The van der Waals surface area contributed by atoms with E-state index in [4.69, 9.17) is 4.74 Å². The van der Waals surface area contributed by atoms with Gasteiger partial charge in [-0.25, -0.2) is 0 Å². The van der Waals surface area contributed by atoms with Crippen molar-refractivity contribution in [2.45, 2.75) is 45.4 Å². The molecule has 5 heteroatoms. The van der Waals surface area contributed by atoms with Gasteiger partial charge in [-0.2, -0.15) is 0 Å². The Hall–Kier alpha value is -2.14. The summed E-state index contributed by atoms with van der Waals surface area (Å²) in [6.07, 6.45) is 4.63. The summed E-state index contributed by atoms with van der Waals surface area (Å²) in [6, 6.07) is 6.31. The molecule has 2 amide bonds. The van der Waals surface area contributed by atoms with Crippen molar-refractivity contribution in [1.29, 1.82) is 0 Å². The van der Waals surface area contributed by atoms with Crippen molar-refractivity contribution in [2.24, 2.45) is 11.8 Å². The minimum atomic E-state index is -0.630. The Bertz CT molecular complexity index is 818. The van der Waals surface area contributed by atoms with E-state index in [0.29, 0.717) is 19.6 Å². The number of hydrogen-bond acceptors (Lipinski definition) is 3. The van der Waals surface area contributed by atoms with Gasteiger partial charge in [0.05, 0.1) is 24.5 Å². The van der Waals surface area contributed by atoms with E-state index in [-0.39, 0.29) is 17.9 Å². The summed E-state index contributed by atoms with van der Waals surface area (Å²) >= 11 is 0. The fourth-order valence-corrected chi connectivity index (χ4v) is 4.82. The van der Waals surface area contributed by atoms with E-state index < -0.39 is 17.4 Å². The normalized spacial score (nSPS) is 30.9. The van der Waals surface area contributed by atoms with Gasteiger partial charge in [0.1, 0.15) is 5.60 Å². The Morgan fingerprint density at radius 1 is 1.33 bits per heavy atom. The smallest absolute Gasteiger partial charge is 0.230 e. The second-order valence-electron chi connectivity index (χ2n) is 8.27. The van der Waals surface area contributed by atoms with E-state index in [9.17, 15) is 9.59 Å². The number of amides is 2. The molecule has 1 spiro atoms. The van der Waals surface area contributed by atoms with Crippen LogP contribution in [0.15, 0.2) is 30.4 Å². The molecule has 3 aliphatic rings. The fourth-order valence-electron chi connectivity index (χ4n) is 4.82. The third-order valence-electron chi connectivity index (χ3n) is 6.34. The van der Waals surface area contributed by atoms with Crippen LogP contribution in [0.5, 0.6) is 0 Å². The van der Waals surface area contributed by atoms with E-state index in [0.717, 1.165) is 12.0 Å². The van der Waals surface area contributed by atoms with Crippen molar-refractivity contribution in [1.82, 2.24) is 9.80 Å². The number of hydrogen-bond donors (Lipinski definition) is 0. The Morgan fingerprint density at radius 2 is 2.11 bits per heavy atom. The summed E-state index contributed by atoms with van der Waals surface area (Å²) in [5, 5.41) is 0. The van der Waals surface area contributed by atoms with Gasteiger partial charge in [-0.1, -0.05) is 37.3 Å². The molecule has 0 saturated carbocycles. The highest BCUT2D eigenvalue weighted by Gasteiger charge is 2.66. The number of fused-ring (bicyclic) bond motifs is 1. The second-order valence-corrected chi connectivity index (χ2v) is 8.27. The standard InChI is InChI=1S/C22H28N2O3/c1-5-10-23(4)20(25)18-17-8-9-22(27-17)13-24(21(26)19(18)22)12-16-7-6-14(2)15(3)11-16/h6-9,11,17-19H,5,10,12-13H2,1-4H3/t17-,18?,19?,22-/m0/s1. The number of rotatable bonds is 5. The van der Waals surface area contributed by atoms with Gasteiger partial charge in [-0.05, 0) is 37.0 Å². The first-order chi connectivity index (χ1) is 12.9. The molecule has 4 rings (SSSR count). The molecule has 144 valence electrons. The molecule has 2 unspecified atom stereocenters. The van der Waals surface area contributed by atoms with Crippen LogP contribution in [0.2, 0.25) is 0 Å². The predicted molar refractivity (Wildman–Crippen MR) is 103 cm³/mol. The monoisotopic (exact) mass is 368 g/mol. The molecule has 3 aliphatic heterocycles. The lowest BCUT2D eigenvalue weighted by atomic mass is 9.76. The second kappa shape index (κ2) is 6.48. The van der Waals surface area contributed by atoms with Crippen LogP contribution in [0.1, 0.15) is 30.0 Å². The molecule has 2 bridgehead atoms. The van der Waals surface area contributed by atoms with Gasteiger partial charge in [-0.3, -0.25) is 9.59 Å². The minimum absolute atomic E-state index is 0.0273. The molecule has 3 heterocycles. The highest BCUT2D eigenvalue weighted by atomic mass is 16.5. The third-order valence-corrected chi connectivity index (χ3v) is 6.34. The fraction of sp³-hybridized carbons (Fsp3) is 0.545. The lowest BCUT2D eigenvalue weighted by Crippen LogP contribution is -2.44. The van der Waals surface area contributed by atoms with E-state index in [1.165, 1.54) is 11.1 Å². The Balaban J connectivity index is 1.57. The van der Waals surface area contributed by atoms with Crippen molar-refractivity contribution < 1.29 is 14.3 Å². The molecule has 2 saturated heterocycles. The Morgan fingerprint density at radius 3 is 2.81 bits per heavy atom. The van der Waals surface area contributed by atoms with Gasteiger partial charge in [0, 0.05) is 20.1 Å². The van der Waals surface area contributed by atoms with Crippen molar-refractivity contribution in [3.8, 4) is 0 Å². The van der Waals surface area contributed by atoms with Crippen LogP contribution in [0.25, 0.3) is 0 Å². The highest BCUT2D eigenvalue weighted by Crippen LogP contribution is 2.52. The van der Waals surface area contributed by atoms with Crippen LogP contribution in [0, 0.1) is 25.7 Å². The summed E-state index contributed by atoms with van der Waals surface area (Å²) < 4.78 is 6.21. The molecule has 4 atom stereocenters. The molecule has 27 heavy (non-hydrogen) atoms. The van der Waals surface area contributed by atoms with Gasteiger partial charge in [0.2, 0.25) is 11.8 Å². The first kappa shape index (κ1) is 18.2. The maximum absolute atomic E-state index is 13.3. The van der Waals surface area contributed by atoms with Crippen molar-refractivity contribution >= 4 is 11.8 Å². The zero-order valence-corrected chi connectivity index (χ0v) is 16.6. The molecule has 2 fully saturated rings. The number of nitrogens with zero attached hydrogens (tertiary/aromatic N) is 2. The lowest BCUT2D eigenvalue weighted by Gasteiger charge is -2.27. The molecule has 0 aliphatic carbocycles. The van der Waals surface area contributed by atoms with E-state index in [1.807, 2.05) is 24.1 Å². The predicted octanol–water partition coefficient (Wildman–Crippen LogP) is 2.45. The average molecular weight is 368 g/mol. The zero-order valence-electron chi connectivity index (χ0n) is 16.6. The van der Waals surface area contributed by atoms with Gasteiger partial charge >= 0.3 is 0 Å². The van der Waals surface area contributed by atoms with Crippen LogP contribution in [0.4, 0.5) is 0 Å². The van der Waals surface area contributed by atoms with Gasteiger partial charge < -0.3 is 14.5 Å². The molecule has 1 aromatic carbocycles. The van der Waals surface area contributed by atoms with E-state index >= 15 is 0 Å². The maximum Gasteiger partial charge on any atom is 0.230 e. The van der Waals surface area contributed by atoms with E-state index in [2.05, 4.69) is 39.0 Å². The van der Waals surface area contributed by atoms with Gasteiger partial charge in [0.25, 0.3) is 0 Å². The largest absolute Gasteiger partial charge is 0.360 e. The third kappa shape index (κ3) is 2.80. The number of likely N-dealkylation sites (tertiary alicyclic amines) is 1. The average Bonchev–Trinajstić information content (AvgIpc) is 3.26. The molecule has 0 N–H and O–H groups in total. The topological polar surface area (TPSA) is 49.9 Å². The number of carbonyl (C=O) groups is 2. The Labute approximate surface area is 161 Å². The van der Waals surface area contributed by atoms with Gasteiger partial charge in [-0.15, -0.1) is 0 Å². The van der Waals surface area contributed by atoms with Crippen LogP contribution in [0.3, 0.4) is 0 Å². The zero-order chi connectivity index (χ0) is 19.3. The molecule has 1 aromatic rings. The molecule has 5 nitrogen and oxygen atoms in total. The quantitative estimate of drug-likeness (QED) is 0.750. The summed E-state index contributed by atoms with van der Waals surface area (Å²) in [5.74, 6) is -0.725. The lowest BCUT2D eigenvalue weighted by molar-refractivity contribution is -0.142. The molecular formula is C22H28N2O3. The summed E-state index contributed by atoms with van der Waals surface area (Å²) in [6.45, 7) is 8.01. The highest BCUT2D eigenvalue weighted by molar-refractivity contribution is 5.93. The SMILES string of the molecule is CCCN(C)C(=O)C1C2C(=O)N(Cc3ccc(C)c(C)c3)C[C@@]23C=C[C@@H]1O3. The molecular weight excluding hydrogens is 340 g/mol. The number of benzene rings is 1. The van der Waals surface area contributed by atoms with Crippen molar-refractivity contribution in [3.63, 3.8) is 0 Å².